The van der Waals surface area contributed by atoms with Crippen LogP contribution in [-0.2, 0) is 13.5 Å². The fraction of sp³-hybridized carbons (Fsp3) is 0.786. The van der Waals surface area contributed by atoms with Crippen molar-refractivity contribution in [2.45, 2.75) is 34.1 Å². The smallest absolute Gasteiger partial charge is 0.0522 e. The van der Waals surface area contributed by atoms with Gasteiger partial charge in [0, 0.05) is 13.2 Å². The third kappa shape index (κ3) is 2.25. The van der Waals surface area contributed by atoms with Gasteiger partial charge in [-0.25, -0.2) is 0 Å². The highest BCUT2D eigenvalue weighted by Crippen LogP contribution is 2.67. The van der Waals surface area contributed by atoms with Crippen molar-refractivity contribution in [1.29, 1.82) is 0 Å². The van der Waals surface area contributed by atoms with Crippen LogP contribution >= 0.6 is 0 Å². The molecule has 1 N–H and O–H groups in total. The summed E-state index contributed by atoms with van der Waals surface area (Å²) in [6, 6.07) is 0. The van der Waals surface area contributed by atoms with Crippen molar-refractivity contribution in [1.82, 2.24) is 15.1 Å². The second kappa shape index (κ2) is 4.13. The summed E-state index contributed by atoms with van der Waals surface area (Å²) in [4.78, 5) is 0. The normalized spacial score (nSPS) is 21.7. The van der Waals surface area contributed by atoms with Crippen molar-refractivity contribution in [3.63, 3.8) is 0 Å². The van der Waals surface area contributed by atoms with Gasteiger partial charge in [-0.2, -0.15) is 5.10 Å². The van der Waals surface area contributed by atoms with E-state index in [1.807, 2.05) is 17.9 Å². The molecule has 3 heteroatoms. The van der Waals surface area contributed by atoms with Crippen molar-refractivity contribution in [2.24, 2.45) is 23.8 Å². The lowest BCUT2D eigenvalue weighted by Crippen LogP contribution is -2.21. The Kier molecular flexibility index (Phi) is 3.06. The third-order valence-electron chi connectivity index (χ3n) is 5.02. The zero-order valence-electron chi connectivity index (χ0n) is 11.7. The van der Waals surface area contributed by atoms with Crippen LogP contribution < -0.4 is 5.32 Å². The molecular weight excluding hydrogens is 210 g/mol. The lowest BCUT2D eigenvalue weighted by Gasteiger charge is -2.04. The van der Waals surface area contributed by atoms with E-state index in [2.05, 4.69) is 44.3 Å². The summed E-state index contributed by atoms with van der Waals surface area (Å²) in [7, 11) is 1.96. The minimum atomic E-state index is 0.494. The van der Waals surface area contributed by atoms with Crippen LogP contribution in [-0.4, -0.2) is 22.9 Å². The van der Waals surface area contributed by atoms with E-state index in [1.165, 1.54) is 5.56 Å². The van der Waals surface area contributed by atoms with Crippen molar-refractivity contribution < 1.29 is 0 Å². The first-order valence-electron chi connectivity index (χ1n) is 6.54. The number of aromatic nitrogens is 2. The van der Waals surface area contributed by atoms with Gasteiger partial charge in [-0.15, -0.1) is 0 Å². The molecule has 1 heterocycles. The van der Waals surface area contributed by atoms with E-state index < -0.39 is 0 Å². The summed E-state index contributed by atoms with van der Waals surface area (Å²) in [6.07, 6.45) is 5.11. The predicted molar refractivity (Wildman–Crippen MR) is 70.8 cm³/mol. The van der Waals surface area contributed by atoms with Gasteiger partial charge in [0.15, 0.2) is 0 Å². The molecule has 96 valence electrons. The zero-order valence-corrected chi connectivity index (χ0v) is 11.7. The molecule has 0 atom stereocenters. The fourth-order valence-corrected chi connectivity index (χ4v) is 2.92. The maximum Gasteiger partial charge on any atom is 0.0522 e. The van der Waals surface area contributed by atoms with Crippen molar-refractivity contribution in [3.05, 3.63) is 18.0 Å². The van der Waals surface area contributed by atoms with Crippen molar-refractivity contribution in [2.75, 3.05) is 13.1 Å². The maximum atomic E-state index is 4.18. The summed E-state index contributed by atoms with van der Waals surface area (Å²) in [5, 5.41) is 7.76. The monoisotopic (exact) mass is 235 g/mol. The highest BCUT2D eigenvalue weighted by Gasteiger charge is 2.63. The van der Waals surface area contributed by atoms with Gasteiger partial charge in [0.1, 0.15) is 0 Å². The van der Waals surface area contributed by atoms with Gasteiger partial charge in [-0.05, 0) is 41.8 Å². The largest absolute Gasteiger partial charge is 0.316 e. The molecule has 2 rings (SSSR count). The van der Waals surface area contributed by atoms with E-state index in [9.17, 15) is 0 Å². The van der Waals surface area contributed by atoms with Gasteiger partial charge in [-0.1, -0.05) is 27.7 Å². The van der Waals surface area contributed by atoms with Crippen LogP contribution in [0.3, 0.4) is 0 Å². The van der Waals surface area contributed by atoms with E-state index in [1.54, 1.807) is 0 Å². The zero-order chi connectivity index (χ0) is 12.7. The van der Waals surface area contributed by atoms with Gasteiger partial charge < -0.3 is 5.32 Å². The molecule has 0 unspecified atom stereocenters. The molecule has 0 bridgehead atoms. The van der Waals surface area contributed by atoms with Gasteiger partial charge in [0.25, 0.3) is 0 Å². The van der Waals surface area contributed by atoms with E-state index >= 15 is 0 Å². The number of aryl methyl sites for hydroxylation is 1. The highest BCUT2D eigenvalue weighted by molar-refractivity contribution is 5.13. The summed E-state index contributed by atoms with van der Waals surface area (Å²) in [5.41, 5.74) is 2.30. The van der Waals surface area contributed by atoms with Crippen LogP contribution in [0, 0.1) is 16.7 Å². The molecule has 0 amide bonds. The van der Waals surface area contributed by atoms with E-state index in [0.29, 0.717) is 10.8 Å². The number of nitrogens with zero attached hydrogens (tertiary/aromatic N) is 2. The number of hydrogen-bond acceptors (Lipinski definition) is 2. The van der Waals surface area contributed by atoms with E-state index in [-0.39, 0.29) is 0 Å². The Morgan fingerprint density at radius 2 is 1.94 bits per heavy atom. The predicted octanol–water partition coefficient (Wildman–Crippen LogP) is 2.23. The molecule has 1 fully saturated rings. The summed E-state index contributed by atoms with van der Waals surface area (Å²) in [5.74, 6) is 0.809. The van der Waals surface area contributed by atoms with Crippen molar-refractivity contribution in [3.8, 4) is 0 Å². The summed E-state index contributed by atoms with van der Waals surface area (Å²) < 4.78 is 1.86. The van der Waals surface area contributed by atoms with Gasteiger partial charge in [0.05, 0.1) is 6.20 Å². The minimum absolute atomic E-state index is 0.494. The first-order chi connectivity index (χ1) is 7.85. The molecule has 0 spiro atoms. The van der Waals surface area contributed by atoms with Crippen LogP contribution in [0.4, 0.5) is 0 Å². The summed E-state index contributed by atoms with van der Waals surface area (Å²) in [6.45, 7) is 11.7. The molecule has 0 aromatic carbocycles. The second-order valence-corrected chi connectivity index (χ2v) is 6.47. The average molecular weight is 235 g/mol. The molecular formula is C14H25N3. The quantitative estimate of drug-likeness (QED) is 0.793. The molecule has 1 aliphatic carbocycles. The molecule has 3 nitrogen and oxygen atoms in total. The fourth-order valence-electron chi connectivity index (χ4n) is 2.92. The van der Waals surface area contributed by atoms with Gasteiger partial charge in [-0.3, -0.25) is 4.68 Å². The molecule has 1 aromatic heterocycles. The number of rotatable bonds is 5. The average Bonchev–Trinajstić information content (AvgIpc) is 2.56. The van der Waals surface area contributed by atoms with Gasteiger partial charge >= 0.3 is 0 Å². The second-order valence-electron chi connectivity index (χ2n) is 6.47. The van der Waals surface area contributed by atoms with Crippen LogP contribution in [0.1, 0.15) is 33.3 Å². The number of hydrogen-bond donors (Lipinski definition) is 1. The molecule has 0 radical (unpaired) electrons. The SMILES string of the molecule is Cn1cc(CCNCC2C(C)(C)C2(C)C)cn1. The first kappa shape index (κ1) is 12.6. The minimum Gasteiger partial charge on any atom is -0.316 e. The molecule has 17 heavy (non-hydrogen) atoms. The third-order valence-corrected chi connectivity index (χ3v) is 5.02. The van der Waals surface area contributed by atoms with Gasteiger partial charge in [0.2, 0.25) is 0 Å². The maximum absolute atomic E-state index is 4.18. The lowest BCUT2D eigenvalue weighted by molar-refractivity contribution is 0.457. The Morgan fingerprint density at radius 3 is 2.41 bits per heavy atom. The molecule has 1 aromatic rings. The summed E-state index contributed by atoms with van der Waals surface area (Å²) >= 11 is 0. The van der Waals surface area contributed by atoms with Crippen LogP contribution in [0.25, 0.3) is 0 Å². The Labute approximate surface area is 105 Å². The first-order valence-corrected chi connectivity index (χ1v) is 6.54. The molecule has 1 aliphatic rings. The molecule has 1 saturated carbocycles. The Bertz CT molecular complexity index is 376. The highest BCUT2D eigenvalue weighted by atomic mass is 15.2. The Morgan fingerprint density at radius 1 is 1.29 bits per heavy atom. The van der Waals surface area contributed by atoms with Crippen LogP contribution in [0.5, 0.6) is 0 Å². The Balaban J connectivity index is 1.68. The van der Waals surface area contributed by atoms with E-state index in [0.717, 1.165) is 25.4 Å². The van der Waals surface area contributed by atoms with Crippen molar-refractivity contribution >= 4 is 0 Å². The molecule has 0 aliphatic heterocycles. The molecule has 0 saturated heterocycles. The van der Waals surface area contributed by atoms with Crippen LogP contribution in [0.2, 0.25) is 0 Å². The standard InChI is InChI=1S/C14H25N3/c1-13(2)12(14(13,3)4)9-15-7-6-11-8-16-17(5)10-11/h8,10,12,15H,6-7,9H2,1-5H3. The Hall–Kier alpha value is -0.830. The topological polar surface area (TPSA) is 29.9 Å². The lowest BCUT2D eigenvalue weighted by atomic mass is 10.0. The number of nitrogens with one attached hydrogen (secondary N) is 1. The van der Waals surface area contributed by atoms with E-state index in [4.69, 9.17) is 0 Å². The van der Waals surface area contributed by atoms with Crippen LogP contribution in [0.15, 0.2) is 12.4 Å².